The third-order valence-electron chi connectivity index (χ3n) is 3.30. The van der Waals surface area contributed by atoms with Crippen LogP contribution in [0.5, 0.6) is 0 Å². The van der Waals surface area contributed by atoms with Gasteiger partial charge in [-0.25, -0.2) is 4.79 Å². The molecule has 21 heavy (non-hydrogen) atoms. The molecule has 0 saturated heterocycles. The van der Waals surface area contributed by atoms with Gasteiger partial charge in [-0.05, 0) is 33.3 Å². The van der Waals surface area contributed by atoms with Gasteiger partial charge in [-0.2, -0.15) is 5.10 Å². The van der Waals surface area contributed by atoms with Crippen LogP contribution in [0.2, 0.25) is 0 Å². The average Bonchev–Trinajstić information content (AvgIpc) is 2.85. The lowest BCUT2D eigenvalue weighted by atomic mass is 10.0. The highest BCUT2D eigenvalue weighted by Crippen LogP contribution is 2.16. The minimum Gasteiger partial charge on any atom is -0.444 e. The quantitative estimate of drug-likeness (QED) is 0.910. The van der Waals surface area contributed by atoms with E-state index in [1.54, 1.807) is 11.9 Å². The number of hydrazone groups is 1. The molecule has 1 aromatic rings. The van der Waals surface area contributed by atoms with E-state index >= 15 is 0 Å². The molecule has 1 aromatic carbocycles. The van der Waals surface area contributed by atoms with Gasteiger partial charge in [0.2, 0.25) is 0 Å². The van der Waals surface area contributed by atoms with Crippen LogP contribution < -0.4 is 5.43 Å². The number of nitrogens with zero attached hydrogens (tertiary/aromatic N) is 2. The van der Waals surface area contributed by atoms with Gasteiger partial charge >= 0.3 is 6.09 Å². The summed E-state index contributed by atoms with van der Waals surface area (Å²) in [5.74, 6) is 0. The lowest BCUT2D eigenvalue weighted by Crippen LogP contribution is -2.46. The van der Waals surface area contributed by atoms with E-state index in [1.165, 1.54) is 5.56 Å². The predicted octanol–water partition coefficient (Wildman–Crippen LogP) is 2.54. The Labute approximate surface area is 126 Å². The summed E-state index contributed by atoms with van der Waals surface area (Å²) < 4.78 is 5.42. The van der Waals surface area contributed by atoms with Gasteiger partial charge < -0.3 is 15.1 Å². The SMILES string of the molecule is Cc1ccc(C2=NNCC2N(C)C(=O)OC(C)(C)C)cc1. The topological polar surface area (TPSA) is 53.9 Å². The van der Waals surface area contributed by atoms with Crippen molar-refractivity contribution in [3.8, 4) is 0 Å². The summed E-state index contributed by atoms with van der Waals surface area (Å²) in [6, 6.07) is 8.01. The number of likely N-dealkylation sites (N-methyl/N-ethyl adjacent to an activating group) is 1. The molecule has 0 spiro atoms. The Bertz CT molecular complexity index is 544. The number of aryl methyl sites for hydroxylation is 1. The first-order valence-electron chi connectivity index (χ1n) is 7.11. The highest BCUT2D eigenvalue weighted by Gasteiger charge is 2.32. The fourth-order valence-electron chi connectivity index (χ4n) is 2.15. The summed E-state index contributed by atoms with van der Waals surface area (Å²) in [4.78, 5) is 13.8. The molecule has 114 valence electrons. The van der Waals surface area contributed by atoms with Crippen LogP contribution in [0.4, 0.5) is 4.79 Å². The van der Waals surface area contributed by atoms with Crippen LogP contribution in [0, 0.1) is 6.92 Å². The van der Waals surface area contributed by atoms with Crippen molar-refractivity contribution in [2.75, 3.05) is 13.6 Å². The largest absolute Gasteiger partial charge is 0.444 e. The van der Waals surface area contributed by atoms with Crippen LogP contribution >= 0.6 is 0 Å². The maximum absolute atomic E-state index is 12.2. The second kappa shape index (κ2) is 5.76. The molecular formula is C16H23N3O2. The van der Waals surface area contributed by atoms with Crippen molar-refractivity contribution in [2.24, 2.45) is 5.10 Å². The minimum atomic E-state index is -0.501. The maximum atomic E-state index is 12.2. The van der Waals surface area contributed by atoms with E-state index in [2.05, 4.69) is 10.5 Å². The van der Waals surface area contributed by atoms with Crippen molar-refractivity contribution in [1.82, 2.24) is 10.3 Å². The predicted molar refractivity (Wildman–Crippen MR) is 83.5 cm³/mol. The molecule has 1 unspecified atom stereocenters. The number of carbonyl (C=O) groups is 1. The van der Waals surface area contributed by atoms with E-state index in [0.717, 1.165) is 11.3 Å². The molecule has 0 aromatic heterocycles. The zero-order chi connectivity index (χ0) is 15.6. The number of benzene rings is 1. The molecule has 0 fully saturated rings. The van der Waals surface area contributed by atoms with Crippen LogP contribution in [0.25, 0.3) is 0 Å². The summed E-state index contributed by atoms with van der Waals surface area (Å²) in [6.45, 7) is 8.23. The summed E-state index contributed by atoms with van der Waals surface area (Å²) in [5, 5.41) is 4.33. The molecular weight excluding hydrogens is 266 g/mol. The van der Waals surface area contributed by atoms with Crippen molar-refractivity contribution in [2.45, 2.75) is 39.3 Å². The van der Waals surface area contributed by atoms with Gasteiger partial charge in [0.15, 0.2) is 0 Å². The van der Waals surface area contributed by atoms with Gasteiger partial charge in [0.1, 0.15) is 5.60 Å². The first kappa shape index (κ1) is 15.4. The lowest BCUT2D eigenvalue weighted by molar-refractivity contribution is 0.0273. The molecule has 0 saturated carbocycles. The molecule has 1 heterocycles. The number of ether oxygens (including phenoxy) is 1. The van der Waals surface area contributed by atoms with Crippen LogP contribution in [0.1, 0.15) is 31.9 Å². The smallest absolute Gasteiger partial charge is 0.410 e. The Hall–Kier alpha value is -2.04. The van der Waals surface area contributed by atoms with Crippen LogP contribution in [-0.4, -0.2) is 41.9 Å². The highest BCUT2D eigenvalue weighted by atomic mass is 16.6. The van der Waals surface area contributed by atoms with Gasteiger partial charge in [0, 0.05) is 7.05 Å². The molecule has 1 N–H and O–H groups in total. The molecule has 0 radical (unpaired) electrons. The number of rotatable bonds is 2. The molecule has 1 aliphatic rings. The standard InChI is InChI=1S/C16H23N3O2/c1-11-6-8-12(9-7-11)14-13(10-17-18-14)19(5)15(20)21-16(2,3)4/h6-9,13,17H,10H2,1-5H3. The van der Waals surface area contributed by atoms with Gasteiger partial charge in [-0.15, -0.1) is 0 Å². The number of hydrogen-bond acceptors (Lipinski definition) is 4. The van der Waals surface area contributed by atoms with E-state index in [9.17, 15) is 4.79 Å². The van der Waals surface area contributed by atoms with Crippen molar-refractivity contribution in [1.29, 1.82) is 0 Å². The zero-order valence-electron chi connectivity index (χ0n) is 13.3. The van der Waals surface area contributed by atoms with Crippen molar-refractivity contribution >= 4 is 11.8 Å². The first-order valence-corrected chi connectivity index (χ1v) is 7.11. The normalized spacial score (nSPS) is 18.0. The molecule has 1 atom stereocenters. The number of hydrogen-bond donors (Lipinski definition) is 1. The van der Waals surface area contributed by atoms with Crippen LogP contribution in [-0.2, 0) is 4.74 Å². The van der Waals surface area contributed by atoms with E-state index < -0.39 is 5.60 Å². The maximum Gasteiger partial charge on any atom is 0.410 e. The Kier molecular flexibility index (Phi) is 4.21. The fraction of sp³-hybridized carbons (Fsp3) is 0.500. The summed E-state index contributed by atoms with van der Waals surface area (Å²) in [7, 11) is 1.75. The van der Waals surface area contributed by atoms with E-state index in [0.29, 0.717) is 6.54 Å². The van der Waals surface area contributed by atoms with Crippen molar-refractivity contribution in [3.05, 3.63) is 35.4 Å². The molecule has 5 nitrogen and oxygen atoms in total. The highest BCUT2D eigenvalue weighted by molar-refractivity contribution is 6.06. The number of carbonyl (C=O) groups excluding carboxylic acids is 1. The Morgan fingerprint density at radius 1 is 1.33 bits per heavy atom. The molecule has 1 aliphatic heterocycles. The fourth-order valence-corrected chi connectivity index (χ4v) is 2.15. The third kappa shape index (κ3) is 3.74. The van der Waals surface area contributed by atoms with Gasteiger partial charge in [-0.3, -0.25) is 0 Å². The Morgan fingerprint density at radius 3 is 2.52 bits per heavy atom. The number of nitrogens with one attached hydrogen (secondary N) is 1. The third-order valence-corrected chi connectivity index (χ3v) is 3.30. The van der Waals surface area contributed by atoms with Crippen molar-refractivity contribution in [3.63, 3.8) is 0 Å². The van der Waals surface area contributed by atoms with E-state index in [-0.39, 0.29) is 12.1 Å². The van der Waals surface area contributed by atoms with Gasteiger partial charge in [0.25, 0.3) is 0 Å². The second-order valence-electron chi connectivity index (χ2n) is 6.33. The first-order chi connectivity index (χ1) is 9.78. The summed E-state index contributed by atoms with van der Waals surface area (Å²) >= 11 is 0. The van der Waals surface area contributed by atoms with Crippen LogP contribution in [0.3, 0.4) is 0 Å². The molecule has 2 rings (SSSR count). The Morgan fingerprint density at radius 2 is 1.95 bits per heavy atom. The van der Waals surface area contributed by atoms with Crippen LogP contribution in [0.15, 0.2) is 29.4 Å². The monoisotopic (exact) mass is 289 g/mol. The lowest BCUT2D eigenvalue weighted by Gasteiger charge is -2.28. The van der Waals surface area contributed by atoms with Crippen molar-refractivity contribution < 1.29 is 9.53 Å². The van der Waals surface area contributed by atoms with E-state index in [1.807, 2.05) is 52.0 Å². The van der Waals surface area contributed by atoms with E-state index in [4.69, 9.17) is 4.74 Å². The van der Waals surface area contributed by atoms with Gasteiger partial charge in [0.05, 0.1) is 18.3 Å². The van der Waals surface area contributed by atoms with Gasteiger partial charge in [-0.1, -0.05) is 29.8 Å². The molecule has 0 bridgehead atoms. The zero-order valence-corrected chi connectivity index (χ0v) is 13.3. The summed E-state index contributed by atoms with van der Waals surface area (Å²) in [5.41, 5.74) is 5.55. The summed E-state index contributed by atoms with van der Waals surface area (Å²) in [6.07, 6.45) is -0.337. The molecule has 1 amide bonds. The molecule has 0 aliphatic carbocycles. The number of amides is 1. The molecule has 5 heteroatoms. The minimum absolute atomic E-state index is 0.123. The second-order valence-corrected chi connectivity index (χ2v) is 6.33. The Balaban J connectivity index is 2.14. The average molecular weight is 289 g/mol.